The Morgan fingerprint density at radius 2 is 1.80 bits per heavy atom. The van der Waals surface area contributed by atoms with Gasteiger partial charge in [0.15, 0.2) is 5.69 Å². The van der Waals surface area contributed by atoms with Gasteiger partial charge in [-0.05, 0) is 12.5 Å². The highest BCUT2D eigenvalue weighted by atomic mass is 35.5. The van der Waals surface area contributed by atoms with Gasteiger partial charge in [-0.25, -0.2) is 9.97 Å². The van der Waals surface area contributed by atoms with Gasteiger partial charge in [0.1, 0.15) is 5.15 Å². The van der Waals surface area contributed by atoms with E-state index in [1.807, 2.05) is 31.2 Å². The molecule has 0 atom stereocenters. The van der Waals surface area contributed by atoms with E-state index in [0.29, 0.717) is 12.6 Å². The fourth-order valence-corrected chi connectivity index (χ4v) is 1.71. The lowest BCUT2D eigenvalue weighted by Gasteiger charge is -2.09. The molecular weight excluding hydrogens is 291 g/mol. The van der Waals surface area contributed by atoms with Crippen LogP contribution in [0.2, 0.25) is 5.15 Å². The number of alkyl halides is 3. The summed E-state index contributed by atoms with van der Waals surface area (Å²) in [5.41, 5.74) is 0.948. The van der Waals surface area contributed by atoms with Gasteiger partial charge in [-0.2, -0.15) is 13.2 Å². The summed E-state index contributed by atoms with van der Waals surface area (Å²) in [4.78, 5) is 7.13. The highest BCUT2D eigenvalue weighted by Gasteiger charge is 2.33. The molecule has 0 aliphatic rings. The second-order valence-electron chi connectivity index (χ2n) is 4.24. The van der Waals surface area contributed by atoms with Crippen LogP contribution in [-0.2, 0) is 12.7 Å². The third-order valence-electron chi connectivity index (χ3n) is 2.56. The van der Waals surface area contributed by atoms with Crippen LogP contribution in [-0.4, -0.2) is 9.97 Å². The Morgan fingerprint density at radius 3 is 2.40 bits per heavy atom. The largest absolute Gasteiger partial charge is 0.433 e. The van der Waals surface area contributed by atoms with Crippen molar-refractivity contribution in [3.63, 3.8) is 0 Å². The molecule has 1 aromatic carbocycles. The average Bonchev–Trinajstić information content (AvgIpc) is 2.36. The van der Waals surface area contributed by atoms with Crippen molar-refractivity contribution < 1.29 is 13.2 Å². The summed E-state index contributed by atoms with van der Waals surface area (Å²) in [5, 5.41) is 2.48. The first-order valence-corrected chi connectivity index (χ1v) is 6.13. The average molecular weight is 302 g/mol. The number of rotatable bonds is 3. The predicted octanol–water partition coefficient (Wildman–Crippen LogP) is 4.07. The summed E-state index contributed by atoms with van der Waals surface area (Å²) in [5.74, 6) is -0.148. The molecule has 3 nitrogen and oxygen atoms in total. The maximum absolute atomic E-state index is 12.6. The van der Waals surface area contributed by atoms with Crippen LogP contribution in [0.4, 0.5) is 19.1 Å². The number of hydrogen-bond donors (Lipinski definition) is 1. The van der Waals surface area contributed by atoms with Gasteiger partial charge in [0.05, 0.1) is 0 Å². The Bertz CT molecular complexity index is 597. The van der Waals surface area contributed by atoms with E-state index < -0.39 is 11.9 Å². The van der Waals surface area contributed by atoms with Crippen LogP contribution in [0.5, 0.6) is 0 Å². The van der Waals surface area contributed by atoms with E-state index in [9.17, 15) is 13.2 Å². The van der Waals surface area contributed by atoms with Crippen molar-refractivity contribution in [3.8, 4) is 0 Å². The molecule has 1 aromatic heterocycles. The minimum atomic E-state index is -4.55. The van der Waals surface area contributed by atoms with E-state index in [0.717, 1.165) is 11.1 Å². The maximum atomic E-state index is 12.6. The summed E-state index contributed by atoms with van der Waals surface area (Å²) in [6.45, 7) is 2.27. The van der Waals surface area contributed by atoms with Crippen molar-refractivity contribution in [3.05, 3.63) is 52.3 Å². The van der Waals surface area contributed by atoms with Gasteiger partial charge in [-0.1, -0.05) is 41.4 Å². The molecular formula is C13H11ClF3N3. The third kappa shape index (κ3) is 3.84. The van der Waals surface area contributed by atoms with Crippen LogP contribution >= 0.6 is 11.6 Å². The molecule has 1 heterocycles. The molecule has 20 heavy (non-hydrogen) atoms. The highest BCUT2D eigenvalue weighted by molar-refractivity contribution is 6.29. The lowest BCUT2D eigenvalue weighted by atomic mass is 10.1. The van der Waals surface area contributed by atoms with Gasteiger partial charge in [0, 0.05) is 12.6 Å². The maximum Gasteiger partial charge on any atom is 0.433 e. The zero-order chi connectivity index (χ0) is 14.8. The van der Waals surface area contributed by atoms with E-state index in [2.05, 4.69) is 15.3 Å². The summed E-state index contributed by atoms with van der Waals surface area (Å²) in [6.07, 6.45) is -4.55. The summed E-state index contributed by atoms with van der Waals surface area (Å²) >= 11 is 5.57. The van der Waals surface area contributed by atoms with E-state index in [1.165, 1.54) is 0 Å². The van der Waals surface area contributed by atoms with Crippen molar-refractivity contribution in [2.45, 2.75) is 19.6 Å². The van der Waals surface area contributed by atoms with Crippen molar-refractivity contribution in [2.75, 3.05) is 5.32 Å². The lowest BCUT2D eigenvalue weighted by Crippen LogP contribution is -2.12. The van der Waals surface area contributed by atoms with Crippen molar-refractivity contribution in [1.29, 1.82) is 0 Å². The second-order valence-corrected chi connectivity index (χ2v) is 4.62. The second kappa shape index (κ2) is 5.66. The van der Waals surface area contributed by atoms with E-state index in [1.54, 1.807) is 0 Å². The SMILES string of the molecule is Cc1ccc(CNc2nc(Cl)cc(C(F)(F)F)n2)cc1. The Morgan fingerprint density at radius 1 is 1.15 bits per heavy atom. The molecule has 7 heteroatoms. The smallest absolute Gasteiger partial charge is 0.350 e. The number of nitrogens with zero attached hydrogens (tertiary/aromatic N) is 2. The Labute approximate surface area is 118 Å². The fourth-order valence-electron chi connectivity index (χ4n) is 1.53. The van der Waals surface area contributed by atoms with Gasteiger partial charge < -0.3 is 5.32 Å². The Hall–Kier alpha value is -1.82. The van der Waals surface area contributed by atoms with Crippen LogP contribution in [0.25, 0.3) is 0 Å². The summed E-state index contributed by atoms with van der Waals surface area (Å²) in [6, 6.07) is 8.27. The van der Waals surface area contributed by atoms with Crippen molar-refractivity contribution in [1.82, 2.24) is 9.97 Å². The molecule has 0 saturated heterocycles. The van der Waals surface area contributed by atoms with Crippen LogP contribution in [0.1, 0.15) is 16.8 Å². The van der Waals surface area contributed by atoms with Gasteiger partial charge in [0.2, 0.25) is 5.95 Å². The first-order valence-electron chi connectivity index (χ1n) is 5.76. The molecule has 0 aliphatic carbocycles. The Kier molecular flexibility index (Phi) is 4.13. The molecule has 1 N–H and O–H groups in total. The van der Waals surface area contributed by atoms with Gasteiger partial charge in [-0.15, -0.1) is 0 Å². The number of halogens is 4. The minimum Gasteiger partial charge on any atom is -0.350 e. The Balaban J connectivity index is 2.13. The van der Waals surface area contributed by atoms with Crippen molar-refractivity contribution >= 4 is 17.5 Å². The number of aromatic nitrogens is 2. The van der Waals surface area contributed by atoms with Crippen molar-refractivity contribution in [2.24, 2.45) is 0 Å². The van der Waals surface area contributed by atoms with Gasteiger partial charge in [0.25, 0.3) is 0 Å². The molecule has 2 rings (SSSR count). The van der Waals surface area contributed by atoms with Crippen LogP contribution in [0.15, 0.2) is 30.3 Å². The van der Waals surface area contributed by atoms with Gasteiger partial charge >= 0.3 is 6.18 Å². The molecule has 0 unspecified atom stereocenters. The molecule has 0 amide bonds. The first kappa shape index (κ1) is 14.6. The quantitative estimate of drug-likeness (QED) is 0.868. The minimum absolute atomic E-state index is 0.148. The first-order chi connectivity index (χ1) is 9.34. The molecule has 0 radical (unpaired) electrons. The molecule has 0 bridgehead atoms. The zero-order valence-corrected chi connectivity index (χ0v) is 11.3. The standard InChI is InChI=1S/C13H11ClF3N3/c1-8-2-4-9(5-3-8)7-18-12-19-10(13(15,16)17)6-11(14)20-12/h2-6H,7H2,1H3,(H,18,19,20). The molecule has 2 aromatic rings. The third-order valence-corrected chi connectivity index (χ3v) is 2.75. The number of benzene rings is 1. The van der Waals surface area contributed by atoms with E-state index in [-0.39, 0.29) is 11.1 Å². The molecule has 106 valence electrons. The number of nitrogens with one attached hydrogen (secondary N) is 1. The van der Waals surface area contributed by atoms with Crippen LogP contribution < -0.4 is 5.32 Å². The summed E-state index contributed by atoms with van der Waals surface area (Å²) < 4.78 is 37.7. The normalized spacial score (nSPS) is 11.4. The topological polar surface area (TPSA) is 37.8 Å². The predicted molar refractivity (Wildman–Crippen MR) is 70.5 cm³/mol. The highest BCUT2D eigenvalue weighted by Crippen LogP contribution is 2.29. The monoisotopic (exact) mass is 301 g/mol. The van der Waals surface area contributed by atoms with E-state index >= 15 is 0 Å². The summed E-state index contributed by atoms with van der Waals surface area (Å²) in [7, 11) is 0. The fraction of sp³-hybridized carbons (Fsp3) is 0.231. The number of anilines is 1. The number of aryl methyl sites for hydroxylation is 1. The lowest BCUT2D eigenvalue weighted by molar-refractivity contribution is -0.141. The number of hydrogen-bond acceptors (Lipinski definition) is 3. The van der Waals surface area contributed by atoms with Crippen LogP contribution in [0.3, 0.4) is 0 Å². The van der Waals surface area contributed by atoms with Gasteiger partial charge in [-0.3, -0.25) is 0 Å². The molecule has 0 fully saturated rings. The van der Waals surface area contributed by atoms with E-state index in [4.69, 9.17) is 11.6 Å². The molecule has 0 spiro atoms. The van der Waals surface area contributed by atoms with Crippen LogP contribution in [0, 0.1) is 6.92 Å². The zero-order valence-electron chi connectivity index (χ0n) is 10.5. The molecule has 0 saturated carbocycles. The molecule has 0 aliphatic heterocycles.